The number of carbonyl (C=O) groups excluding carboxylic acids is 1. The molecule has 3 N–H and O–H groups in total. The number of rotatable bonds is 3. The van der Waals surface area contributed by atoms with Crippen LogP contribution in [0.5, 0.6) is 0 Å². The predicted molar refractivity (Wildman–Crippen MR) is 63.4 cm³/mol. The smallest absolute Gasteiger partial charge is 0.342 e. The van der Waals surface area contributed by atoms with Gasteiger partial charge in [0.25, 0.3) is 0 Å². The summed E-state index contributed by atoms with van der Waals surface area (Å²) in [4.78, 5) is 11.3. The highest BCUT2D eigenvalue weighted by Gasteiger charge is 2.20. The van der Waals surface area contributed by atoms with Gasteiger partial charge in [-0.15, -0.1) is 0 Å². The molecule has 4 nitrogen and oxygen atoms in total. The molecule has 92 valence electrons. The van der Waals surface area contributed by atoms with Crippen molar-refractivity contribution in [3.8, 4) is 0 Å². The number of nitrogens with two attached hydrogens (primary N) is 1. The van der Waals surface area contributed by atoms with E-state index in [-0.39, 0.29) is 11.3 Å². The van der Waals surface area contributed by atoms with Crippen LogP contribution in [0.1, 0.15) is 29.6 Å². The van der Waals surface area contributed by atoms with Crippen LogP contribution < -0.4 is 11.1 Å². The first-order valence-corrected chi connectivity index (χ1v) is 5.55. The molecule has 0 saturated heterocycles. The molecule has 1 aliphatic rings. The summed E-state index contributed by atoms with van der Waals surface area (Å²) in [6, 6.07) is 3.23. The molecule has 1 saturated carbocycles. The van der Waals surface area contributed by atoms with E-state index in [9.17, 15) is 9.18 Å². The van der Waals surface area contributed by atoms with Crippen molar-refractivity contribution in [1.29, 1.82) is 0 Å². The first-order chi connectivity index (χ1) is 8.11. The average Bonchev–Trinajstić information content (AvgIpc) is 2.22. The van der Waals surface area contributed by atoms with Crippen LogP contribution in [0.25, 0.3) is 0 Å². The number of nitrogens with one attached hydrogen (secondary N) is 1. The Morgan fingerprint density at radius 1 is 1.53 bits per heavy atom. The number of benzene rings is 1. The highest BCUT2D eigenvalue weighted by atomic mass is 19.1. The lowest BCUT2D eigenvalue weighted by atomic mass is 9.93. The maximum absolute atomic E-state index is 13.7. The maximum Gasteiger partial charge on any atom is 0.342 e. The zero-order chi connectivity index (χ0) is 12.4. The lowest BCUT2D eigenvalue weighted by Crippen LogP contribution is -2.27. The Bertz CT molecular complexity index is 421. The normalized spacial score (nSPS) is 15.2. The van der Waals surface area contributed by atoms with Gasteiger partial charge in [0.05, 0.1) is 12.8 Å². The average molecular weight is 238 g/mol. The molecule has 0 atom stereocenters. The largest absolute Gasteiger partial charge is 0.465 e. The molecule has 0 aromatic heterocycles. The third-order valence-electron chi connectivity index (χ3n) is 2.99. The van der Waals surface area contributed by atoms with Crippen molar-refractivity contribution in [1.82, 2.24) is 0 Å². The molecular formula is C12H15FN2O2. The molecule has 0 aliphatic heterocycles. The minimum absolute atomic E-state index is 0.0960. The van der Waals surface area contributed by atoms with Crippen molar-refractivity contribution >= 4 is 17.3 Å². The van der Waals surface area contributed by atoms with Crippen molar-refractivity contribution < 1.29 is 13.9 Å². The molecule has 0 amide bonds. The van der Waals surface area contributed by atoms with Crippen molar-refractivity contribution in [3.63, 3.8) is 0 Å². The number of anilines is 2. The first kappa shape index (κ1) is 11.7. The van der Waals surface area contributed by atoms with Crippen LogP contribution >= 0.6 is 0 Å². The molecule has 17 heavy (non-hydrogen) atoms. The number of ether oxygens (including phenoxy) is 1. The molecule has 2 rings (SSSR count). The van der Waals surface area contributed by atoms with E-state index in [0.717, 1.165) is 12.8 Å². The molecule has 0 heterocycles. The van der Waals surface area contributed by atoms with Gasteiger partial charge in [0.15, 0.2) is 0 Å². The Balaban J connectivity index is 2.24. The van der Waals surface area contributed by atoms with E-state index in [0.29, 0.717) is 11.7 Å². The molecule has 0 unspecified atom stereocenters. The number of carbonyl (C=O) groups is 1. The lowest BCUT2D eigenvalue weighted by molar-refractivity contribution is 0.0597. The van der Waals surface area contributed by atoms with Crippen LogP contribution in [0.15, 0.2) is 12.1 Å². The van der Waals surface area contributed by atoms with Gasteiger partial charge in [-0.2, -0.15) is 0 Å². The monoisotopic (exact) mass is 238 g/mol. The van der Waals surface area contributed by atoms with Crippen LogP contribution in [-0.4, -0.2) is 19.1 Å². The van der Waals surface area contributed by atoms with E-state index in [1.165, 1.54) is 19.6 Å². The summed E-state index contributed by atoms with van der Waals surface area (Å²) in [5.41, 5.74) is 6.16. The highest BCUT2D eigenvalue weighted by molar-refractivity contribution is 5.96. The van der Waals surface area contributed by atoms with Crippen LogP contribution in [0.4, 0.5) is 15.8 Å². The second kappa shape index (κ2) is 4.61. The quantitative estimate of drug-likeness (QED) is 0.625. The Morgan fingerprint density at radius 3 is 2.71 bits per heavy atom. The maximum atomic E-state index is 13.7. The number of hydrogen-bond donors (Lipinski definition) is 2. The molecule has 1 fully saturated rings. The molecule has 1 aromatic rings. The van der Waals surface area contributed by atoms with Gasteiger partial charge in [-0.3, -0.25) is 0 Å². The third kappa shape index (κ3) is 2.33. The van der Waals surface area contributed by atoms with Gasteiger partial charge in [-0.05, 0) is 31.4 Å². The van der Waals surface area contributed by atoms with Crippen molar-refractivity contribution in [3.05, 3.63) is 23.5 Å². The summed E-state index contributed by atoms with van der Waals surface area (Å²) in [5, 5.41) is 3.17. The van der Waals surface area contributed by atoms with Gasteiger partial charge in [0, 0.05) is 11.7 Å². The van der Waals surface area contributed by atoms with Crippen LogP contribution in [0.2, 0.25) is 0 Å². The van der Waals surface area contributed by atoms with Gasteiger partial charge in [-0.25, -0.2) is 9.18 Å². The minimum Gasteiger partial charge on any atom is -0.465 e. The summed E-state index contributed by atoms with van der Waals surface area (Å²) in [5.74, 6) is -1.41. The van der Waals surface area contributed by atoms with Gasteiger partial charge < -0.3 is 15.8 Å². The summed E-state index contributed by atoms with van der Waals surface area (Å²) in [6.07, 6.45) is 3.36. The summed E-state index contributed by atoms with van der Waals surface area (Å²) in [6.45, 7) is 0. The summed E-state index contributed by atoms with van der Waals surface area (Å²) in [7, 11) is 1.20. The highest BCUT2D eigenvalue weighted by Crippen LogP contribution is 2.27. The van der Waals surface area contributed by atoms with Gasteiger partial charge in [0.1, 0.15) is 11.4 Å². The lowest BCUT2D eigenvalue weighted by Gasteiger charge is -2.27. The van der Waals surface area contributed by atoms with Crippen LogP contribution in [0.3, 0.4) is 0 Å². The molecule has 0 bridgehead atoms. The Hall–Kier alpha value is -1.78. The van der Waals surface area contributed by atoms with E-state index in [4.69, 9.17) is 5.73 Å². The van der Waals surface area contributed by atoms with Crippen molar-refractivity contribution in [2.45, 2.75) is 25.3 Å². The Morgan fingerprint density at radius 2 is 2.24 bits per heavy atom. The van der Waals surface area contributed by atoms with Crippen LogP contribution in [-0.2, 0) is 4.74 Å². The summed E-state index contributed by atoms with van der Waals surface area (Å²) < 4.78 is 18.2. The molecule has 0 radical (unpaired) electrons. The predicted octanol–water partition coefficient (Wildman–Crippen LogP) is 2.16. The molecule has 5 heteroatoms. The minimum atomic E-state index is -0.754. The Labute approximate surface area is 98.9 Å². The standard InChI is InChI=1S/C12H15FN2O2/c1-17-12(16)11-9(13)5-8(6-10(11)14)15-7-3-2-4-7/h5-7,15H,2-4,14H2,1H3. The van der Waals surface area contributed by atoms with Crippen molar-refractivity contribution in [2.24, 2.45) is 0 Å². The van der Waals surface area contributed by atoms with E-state index in [2.05, 4.69) is 10.1 Å². The van der Waals surface area contributed by atoms with Crippen LogP contribution in [0, 0.1) is 5.82 Å². The second-order valence-electron chi connectivity index (χ2n) is 4.19. The van der Waals surface area contributed by atoms with E-state index >= 15 is 0 Å². The zero-order valence-corrected chi connectivity index (χ0v) is 9.63. The molecule has 1 aromatic carbocycles. The number of methoxy groups -OCH3 is 1. The molecule has 0 spiro atoms. The Kier molecular flexibility index (Phi) is 3.17. The van der Waals surface area contributed by atoms with Gasteiger partial charge in [0.2, 0.25) is 0 Å². The zero-order valence-electron chi connectivity index (χ0n) is 9.63. The van der Waals surface area contributed by atoms with Gasteiger partial charge >= 0.3 is 5.97 Å². The number of hydrogen-bond acceptors (Lipinski definition) is 4. The van der Waals surface area contributed by atoms with E-state index in [1.807, 2.05) is 0 Å². The van der Waals surface area contributed by atoms with E-state index in [1.54, 1.807) is 6.07 Å². The SMILES string of the molecule is COC(=O)c1c(N)cc(NC2CCC2)cc1F. The number of nitrogen functional groups attached to an aromatic ring is 1. The summed E-state index contributed by atoms with van der Waals surface area (Å²) >= 11 is 0. The second-order valence-corrected chi connectivity index (χ2v) is 4.19. The number of esters is 1. The fourth-order valence-corrected chi connectivity index (χ4v) is 1.82. The third-order valence-corrected chi connectivity index (χ3v) is 2.99. The molecule has 1 aliphatic carbocycles. The topological polar surface area (TPSA) is 64.3 Å². The fourth-order valence-electron chi connectivity index (χ4n) is 1.82. The van der Waals surface area contributed by atoms with E-state index < -0.39 is 11.8 Å². The fraction of sp³-hybridized carbons (Fsp3) is 0.417. The van der Waals surface area contributed by atoms with Crippen molar-refractivity contribution in [2.75, 3.05) is 18.2 Å². The molecular weight excluding hydrogens is 223 g/mol. The first-order valence-electron chi connectivity index (χ1n) is 5.55. The number of halogens is 1. The van der Waals surface area contributed by atoms with Gasteiger partial charge in [-0.1, -0.05) is 0 Å².